The molecule has 4 nitrogen and oxygen atoms in total. The number of likely N-dealkylation sites (N-methyl/N-ethyl adjacent to an activating group) is 1. The van der Waals surface area contributed by atoms with E-state index in [1.807, 2.05) is 4.90 Å². The molecule has 1 aromatic rings. The molecule has 5 heteroatoms. The predicted molar refractivity (Wildman–Crippen MR) is 79.1 cm³/mol. The highest BCUT2D eigenvalue weighted by Crippen LogP contribution is 2.18. The Morgan fingerprint density at radius 3 is 2.90 bits per heavy atom. The van der Waals surface area contributed by atoms with Crippen molar-refractivity contribution in [2.75, 3.05) is 20.1 Å². The van der Waals surface area contributed by atoms with Gasteiger partial charge in [-0.05, 0) is 31.5 Å². The van der Waals surface area contributed by atoms with Crippen LogP contribution in [0.4, 0.5) is 0 Å². The van der Waals surface area contributed by atoms with Gasteiger partial charge >= 0.3 is 0 Å². The van der Waals surface area contributed by atoms with Gasteiger partial charge in [0.15, 0.2) is 5.78 Å². The average Bonchev–Trinajstić information content (AvgIpc) is 2.47. The minimum absolute atomic E-state index is 0.00306. The highest BCUT2D eigenvalue weighted by Gasteiger charge is 2.29. The Hall–Kier alpha value is -1.39. The maximum absolute atomic E-state index is 12.3. The van der Waals surface area contributed by atoms with Crippen LogP contribution in [0.25, 0.3) is 0 Å². The molecule has 1 atom stereocenters. The number of hydrogen-bond donors (Lipinski definition) is 1. The van der Waals surface area contributed by atoms with Crippen molar-refractivity contribution in [1.29, 1.82) is 0 Å². The van der Waals surface area contributed by atoms with Crippen LogP contribution < -0.4 is 5.32 Å². The van der Waals surface area contributed by atoms with Crippen molar-refractivity contribution in [2.24, 2.45) is 0 Å². The lowest BCUT2D eigenvalue weighted by Gasteiger charge is -2.33. The highest BCUT2D eigenvalue weighted by molar-refractivity contribution is 6.31. The lowest BCUT2D eigenvalue weighted by molar-refractivity contribution is -0.126. The number of rotatable bonds is 4. The summed E-state index contributed by atoms with van der Waals surface area (Å²) in [6.45, 7) is 1.04. The second kappa shape index (κ2) is 6.86. The van der Waals surface area contributed by atoms with Crippen LogP contribution in [0.3, 0.4) is 0 Å². The van der Waals surface area contributed by atoms with Crippen LogP contribution >= 0.6 is 11.6 Å². The number of carbonyl (C=O) groups is 2. The van der Waals surface area contributed by atoms with Gasteiger partial charge in [-0.2, -0.15) is 0 Å². The third-order valence-corrected chi connectivity index (χ3v) is 3.89. The van der Waals surface area contributed by atoms with Crippen molar-refractivity contribution in [3.63, 3.8) is 0 Å². The fourth-order valence-electron chi connectivity index (χ4n) is 2.58. The summed E-state index contributed by atoms with van der Waals surface area (Å²) in [7, 11) is 1.63. The maximum atomic E-state index is 12.3. The Morgan fingerprint density at radius 2 is 2.20 bits per heavy atom. The molecule has 1 aliphatic rings. The van der Waals surface area contributed by atoms with Gasteiger partial charge in [0.05, 0.1) is 12.6 Å². The fraction of sp³-hybridized carbons (Fsp3) is 0.467. The molecule has 1 aromatic carbocycles. The van der Waals surface area contributed by atoms with E-state index in [2.05, 4.69) is 5.32 Å². The summed E-state index contributed by atoms with van der Waals surface area (Å²) in [6, 6.07) is 6.74. The fourth-order valence-corrected chi connectivity index (χ4v) is 2.77. The minimum Gasteiger partial charge on any atom is -0.358 e. The van der Waals surface area contributed by atoms with Gasteiger partial charge in [-0.1, -0.05) is 30.2 Å². The number of halogens is 1. The number of nitrogens with zero attached hydrogens (tertiary/aromatic N) is 1. The molecule has 1 unspecified atom stereocenters. The van der Waals surface area contributed by atoms with Crippen LogP contribution in [-0.2, 0) is 4.79 Å². The number of benzene rings is 1. The van der Waals surface area contributed by atoms with Gasteiger partial charge in [0.2, 0.25) is 5.91 Å². The van der Waals surface area contributed by atoms with E-state index in [4.69, 9.17) is 11.6 Å². The highest BCUT2D eigenvalue weighted by atomic mass is 35.5. The molecule has 20 heavy (non-hydrogen) atoms. The lowest BCUT2D eigenvalue weighted by atomic mass is 10.00. The zero-order valence-corrected chi connectivity index (χ0v) is 12.3. The standard InChI is InChI=1S/C15H19ClN2O2/c1-17-15(20)13-7-2-3-8-18(13)10-14(19)11-5-4-6-12(16)9-11/h4-6,9,13H,2-3,7-8,10H2,1H3,(H,17,20). The topological polar surface area (TPSA) is 49.4 Å². The molecule has 0 spiro atoms. The van der Waals surface area contributed by atoms with Gasteiger partial charge in [0, 0.05) is 17.6 Å². The van der Waals surface area contributed by atoms with Crippen LogP contribution in [0.2, 0.25) is 5.02 Å². The number of amides is 1. The Morgan fingerprint density at radius 1 is 1.40 bits per heavy atom. The Balaban J connectivity index is 2.07. The van der Waals surface area contributed by atoms with E-state index in [0.717, 1.165) is 25.8 Å². The van der Waals surface area contributed by atoms with E-state index in [1.165, 1.54) is 0 Å². The number of likely N-dealkylation sites (tertiary alicyclic amines) is 1. The number of Topliss-reactive ketones (excluding diaryl/α,β-unsaturated/α-hetero) is 1. The molecule has 0 aromatic heterocycles. The normalized spacial score (nSPS) is 19.6. The van der Waals surface area contributed by atoms with E-state index < -0.39 is 0 Å². The van der Waals surface area contributed by atoms with Gasteiger partial charge in [-0.25, -0.2) is 0 Å². The Labute approximate surface area is 124 Å². The van der Waals surface area contributed by atoms with Gasteiger partial charge in [-0.15, -0.1) is 0 Å². The zero-order chi connectivity index (χ0) is 14.5. The third kappa shape index (κ3) is 3.58. The summed E-state index contributed by atoms with van der Waals surface area (Å²) < 4.78 is 0. The number of nitrogens with one attached hydrogen (secondary N) is 1. The monoisotopic (exact) mass is 294 g/mol. The first-order valence-corrected chi connectivity index (χ1v) is 7.24. The van der Waals surface area contributed by atoms with Gasteiger partial charge in [0.1, 0.15) is 0 Å². The summed E-state index contributed by atoms with van der Waals surface area (Å²) >= 11 is 5.90. The van der Waals surface area contributed by atoms with E-state index in [9.17, 15) is 9.59 Å². The number of hydrogen-bond acceptors (Lipinski definition) is 3. The molecule has 0 bridgehead atoms. The molecule has 1 heterocycles. The van der Waals surface area contributed by atoms with Gasteiger partial charge in [0.25, 0.3) is 0 Å². The van der Waals surface area contributed by atoms with Gasteiger partial charge in [-0.3, -0.25) is 14.5 Å². The maximum Gasteiger partial charge on any atom is 0.237 e. The number of ketones is 1. The molecule has 0 aliphatic carbocycles. The summed E-state index contributed by atoms with van der Waals surface area (Å²) in [5.74, 6) is -0.00750. The quantitative estimate of drug-likeness (QED) is 0.866. The van der Waals surface area contributed by atoms with Crippen molar-refractivity contribution in [3.8, 4) is 0 Å². The van der Waals surface area contributed by atoms with Crippen LogP contribution in [0.5, 0.6) is 0 Å². The first kappa shape index (κ1) is 15.0. The summed E-state index contributed by atoms with van der Waals surface area (Å²) in [5.41, 5.74) is 0.596. The lowest BCUT2D eigenvalue weighted by Crippen LogP contribution is -2.50. The predicted octanol–water partition coefficient (Wildman–Crippen LogP) is 2.12. The van der Waals surface area contributed by atoms with Gasteiger partial charge < -0.3 is 5.32 Å². The van der Waals surface area contributed by atoms with Crippen molar-refractivity contribution in [2.45, 2.75) is 25.3 Å². The molecule has 0 saturated carbocycles. The van der Waals surface area contributed by atoms with E-state index in [1.54, 1.807) is 31.3 Å². The van der Waals surface area contributed by atoms with Crippen molar-refractivity contribution in [1.82, 2.24) is 10.2 Å². The van der Waals surface area contributed by atoms with E-state index >= 15 is 0 Å². The largest absolute Gasteiger partial charge is 0.358 e. The zero-order valence-electron chi connectivity index (χ0n) is 11.6. The summed E-state index contributed by atoms with van der Waals surface area (Å²) in [4.78, 5) is 26.1. The molecule has 0 radical (unpaired) electrons. The molecule has 108 valence electrons. The molecule has 1 saturated heterocycles. The second-order valence-electron chi connectivity index (χ2n) is 5.03. The Bertz CT molecular complexity index is 504. The first-order valence-electron chi connectivity index (χ1n) is 6.86. The SMILES string of the molecule is CNC(=O)C1CCCCN1CC(=O)c1cccc(Cl)c1. The molecule has 1 aliphatic heterocycles. The number of carbonyl (C=O) groups excluding carboxylic acids is 2. The van der Waals surface area contributed by atoms with E-state index in [0.29, 0.717) is 10.6 Å². The molecule has 1 N–H and O–H groups in total. The molecule has 2 rings (SSSR count). The molecule has 1 fully saturated rings. The first-order chi connectivity index (χ1) is 9.61. The average molecular weight is 295 g/mol. The Kier molecular flexibility index (Phi) is 5.15. The minimum atomic E-state index is -0.197. The van der Waals surface area contributed by atoms with Crippen molar-refractivity contribution >= 4 is 23.3 Å². The smallest absolute Gasteiger partial charge is 0.237 e. The van der Waals surface area contributed by atoms with Crippen LogP contribution in [0.1, 0.15) is 29.6 Å². The van der Waals surface area contributed by atoms with Crippen molar-refractivity contribution < 1.29 is 9.59 Å². The van der Waals surface area contributed by atoms with Crippen LogP contribution in [0.15, 0.2) is 24.3 Å². The van der Waals surface area contributed by atoms with Crippen LogP contribution in [-0.4, -0.2) is 42.8 Å². The number of piperidine rings is 1. The molecule has 1 amide bonds. The van der Waals surface area contributed by atoms with E-state index in [-0.39, 0.29) is 24.3 Å². The van der Waals surface area contributed by atoms with Crippen molar-refractivity contribution in [3.05, 3.63) is 34.9 Å². The summed E-state index contributed by atoms with van der Waals surface area (Å²) in [6.07, 6.45) is 2.86. The second-order valence-corrected chi connectivity index (χ2v) is 5.47. The van der Waals surface area contributed by atoms with Crippen LogP contribution in [0, 0.1) is 0 Å². The third-order valence-electron chi connectivity index (χ3n) is 3.66. The molecular formula is C15H19ClN2O2. The molecular weight excluding hydrogens is 276 g/mol. The summed E-state index contributed by atoms with van der Waals surface area (Å²) in [5, 5.41) is 3.23.